The SMILES string of the molecule is C=C/C(C)=C1/NC(c2ccccc2CCCC)=CC(=NC2CCN(Cc3cccc(C(F)(F)F)c3)CC2)N1CC. The minimum Gasteiger partial charge on any atom is -0.341 e. The number of aliphatic imine (C=N–C) groups is 1. The number of piperidine rings is 1. The van der Waals surface area contributed by atoms with Crippen molar-refractivity contribution in [2.24, 2.45) is 4.99 Å². The number of alkyl halides is 3. The second-order valence-corrected chi connectivity index (χ2v) is 10.6. The van der Waals surface area contributed by atoms with E-state index in [2.05, 4.69) is 72.8 Å². The molecule has 4 rings (SSSR count). The molecule has 2 aromatic carbocycles. The van der Waals surface area contributed by atoms with Crippen LogP contribution in [0.4, 0.5) is 13.2 Å². The summed E-state index contributed by atoms with van der Waals surface area (Å²) in [6.45, 7) is 13.3. The molecular weight excluding hydrogens is 509 g/mol. The smallest absolute Gasteiger partial charge is 0.341 e. The fourth-order valence-electron chi connectivity index (χ4n) is 5.40. The lowest BCUT2D eigenvalue weighted by molar-refractivity contribution is -0.137. The fraction of sp³-hybridized carbons (Fsp3) is 0.424. The van der Waals surface area contributed by atoms with Crippen LogP contribution in [0.5, 0.6) is 0 Å². The van der Waals surface area contributed by atoms with Gasteiger partial charge in [0, 0.05) is 37.8 Å². The van der Waals surface area contributed by atoms with E-state index < -0.39 is 11.7 Å². The van der Waals surface area contributed by atoms with Crippen LogP contribution in [0.15, 0.2) is 83.6 Å². The molecule has 214 valence electrons. The molecule has 0 atom stereocenters. The van der Waals surface area contributed by atoms with Gasteiger partial charge in [0.15, 0.2) is 0 Å². The molecule has 0 aromatic heterocycles. The summed E-state index contributed by atoms with van der Waals surface area (Å²) >= 11 is 0. The van der Waals surface area contributed by atoms with Crippen LogP contribution >= 0.6 is 0 Å². The van der Waals surface area contributed by atoms with Gasteiger partial charge in [-0.25, -0.2) is 0 Å². The number of benzene rings is 2. The summed E-state index contributed by atoms with van der Waals surface area (Å²) in [5, 5.41) is 3.68. The lowest BCUT2D eigenvalue weighted by Gasteiger charge is -2.36. The van der Waals surface area contributed by atoms with Crippen LogP contribution in [0.25, 0.3) is 5.70 Å². The number of amidine groups is 1. The van der Waals surface area contributed by atoms with Crippen molar-refractivity contribution in [3.05, 3.63) is 101 Å². The Kier molecular flexibility index (Phi) is 9.90. The summed E-state index contributed by atoms with van der Waals surface area (Å²) in [7, 11) is 0. The first-order valence-electron chi connectivity index (χ1n) is 14.4. The van der Waals surface area contributed by atoms with Crippen molar-refractivity contribution in [1.82, 2.24) is 15.1 Å². The van der Waals surface area contributed by atoms with E-state index in [4.69, 9.17) is 4.99 Å². The largest absolute Gasteiger partial charge is 0.416 e. The zero-order chi connectivity index (χ0) is 28.7. The van der Waals surface area contributed by atoms with Gasteiger partial charge in [0.05, 0.1) is 17.3 Å². The predicted octanol–water partition coefficient (Wildman–Crippen LogP) is 7.79. The Labute approximate surface area is 237 Å². The van der Waals surface area contributed by atoms with Crippen molar-refractivity contribution in [2.75, 3.05) is 19.6 Å². The molecule has 2 aromatic rings. The van der Waals surface area contributed by atoms with Gasteiger partial charge in [0.2, 0.25) is 0 Å². The lowest BCUT2D eigenvalue weighted by Crippen LogP contribution is -2.42. The number of rotatable bonds is 9. The van der Waals surface area contributed by atoms with Crippen molar-refractivity contribution in [3.8, 4) is 0 Å². The topological polar surface area (TPSA) is 30.9 Å². The summed E-state index contributed by atoms with van der Waals surface area (Å²) in [5.74, 6) is 1.94. The number of halogens is 3. The zero-order valence-corrected chi connectivity index (χ0v) is 23.9. The van der Waals surface area contributed by atoms with Crippen LogP contribution < -0.4 is 5.32 Å². The standard InChI is InChI=1S/C33H41F3N4/c1-5-8-13-26-14-9-10-16-29(26)30-22-31(40(7-3)32(38-30)24(4)6-2)37-28-17-19-39(20-18-28)23-25-12-11-15-27(21-25)33(34,35)36/h6,9-12,14-16,21-22,28,38H,2,5,7-8,13,17-20,23H2,1,3-4H3/b32-24-,37-31?. The third-order valence-corrected chi connectivity index (χ3v) is 7.71. The molecule has 0 spiro atoms. The molecule has 40 heavy (non-hydrogen) atoms. The highest BCUT2D eigenvalue weighted by molar-refractivity contribution is 6.02. The van der Waals surface area contributed by atoms with E-state index in [0.29, 0.717) is 12.1 Å². The maximum Gasteiger partial charge on any atom is 0.416 e. The molecule has 0 bridgehead atoms. The molecule has 2 heterocycles. The molecule has 0 saturated carbocycles. The first-order valence-corrected chi connectivity index (χ1v) is 14.4. The average Bonchev–Trinajstić information content (AvgIpc) is 2.96. The number of likely N-dealkylation sites (N-methyl/N-ethyl adjacent to an activating group) is 1. The van der Waals surface area contributed by atoms with Crippen LogP contribution in [0, 0.1) is 0 Å². The Balaban J connectivity index is 1.55. The van der Waals surface area contributed by atoms with E-state index in [9.17, 15) is 13.2 Å². The molecule has 2 aliphatic heterocycles. The van der Waals surface area contributed by atoms with Gasteiger partial charge in [-0.1, -0.05) is 68.5 Å². The molecule has 7 heteroatoms. The third-order valence-electron chi connectivity index (χ3n) is 7.71. The molecule has 1 fully saturated rings. The Hall–Kier alpha value is -3.32. The van der Waals surface area contributed by atoms with Crippen LogP contribution in [0.1, 0.15) is 68.7 Å². The molecule has 1 saturated heterocycles. The first-order chi connectivity index (χ1) is 19.2. The van der Waals surface area contributed by atoms with Gasteiger partial charge >= 0.3 is 6.18 Å². The summed E-state index contributed by atoms with van der Waals surface area (Å²) in [6, 6.07) is 14.4. The van der Waals surface area contributed by atoms with E-state index in [1.54, 1.807) is 6.07 Å². The van der Waals surface area contributed by atoms with Crippen molar-refractivity contribution >= 4 is 11.5 Å². The number of hydrogen-bond acceptors (Lipinski definition) is 3. The normalized spacial score (nSPS) is 19.4. The first kappa shape index (κ1) is 29.7. The summed E-state index contributed by atoms with van der Waals surface area (Å²) < 4.78 is 39.4. The molecule has 0 aliphatic carbocycles. The average molecular weight is 551 g/mol. The second-order valence-electron chi connectivity index (χ2n) is 10.6. The lowest BCUT2D eigenvalue weighted by atomic mass is 9.98. The van der Waals surface area contributed by atoms with E-state index in [-0.39, 0.29) is 6.04 Å². The van der Waals surface area contributed by atoms with E-state index in [1.165, 1.54) is 23.3 Å². The van der Waals surface area contributed by atoms with Crippen LogP contribution in [0.3, 0.4) is 0 Å². The van der Waals surface area contributed by atoms with Crippen molar-refractivity contribution in [1.29, 1.82) is 0 Å². The number of unbranched alkanes of at least 4 members (excludes halogenated alkanes) is 1. The van der Waals surface area contributed by atoms with Crippen LogP contribution in [-0.2, 0) is 19.1 Å². The Bertz CT molecular complexity index is 1270. The molecule has 0 amide bonds. The van der Waals surface area contributed by atoms with Crippen molar-refractivity contribution in [3.63, 3.8) is 0 Å². The van der Waals surface area contributed by atoms with Gasteiger partial charge in [0.25, 0.3) is 0 Å². The number of likely N-dealkylation sites (tertiary alicyclic amines) is 1. The number of nitrogens with zero attached hydrogens (tertiary/aromatic N) is 3. The van der Waals surface area contributed by atoms with Gasteiger partial charge in [-0.3, -0.25) is 9.89 Å². The number of allylic oxidation sites excluding steroid dienone is 2. The molecule has 1 N–H and O–H groups in total. The third kappa shape index (κ3) is 7.25. The van der Waals surface area contributed by atoms with Gasteiger partial charge in [-0.15, -0.1) is 0 Å². The zero-order valence-electron chi connectivity index (χ0n) is 23.9. The minimum absolute atomic E-state index is 0.151. The number of aryl methyl sites for hydroxylation is 1. The minimum atomic E-state index is -4.32. The number of nitrogens with one attached hydrogen (secondary N) is 1. The Morgan fingerprint density at radius 3 is 2.52 bits per heavy atom. The van der Waals surface area contributed by atoms with E-state index in [1.807, 2.05) is 6.08 Å². The Morgan fingerprint density at radius 1 is 1.10 bits per heavy atom. The van der Waals surface area contributed by atoms with Crippen molar-refractivity contribution < 1.29 is 13.2 Å². The molecule has 2 aliphatic rings. The monoisotopic (exact) mass is 550 g/mol. The number of hydrogen-bond donors (Lipinski definition) is 1. The summed E-state index contributed by atoms with van der Waals surface area (Å²) in [5.41, 5.74) is 4.74. The maximum atomic E-state index is 13.1. The van der Waals surface area contributed by atoms with Gasteiger partial charge < -0.3 is 10.2 Å². The Morgan fingerprint density at radius 2 is 1.85 bits per heavy atom. The second kappa shape index (κ2) is 13.4. The predicted molar refractivity (Wildman–Crippen MR) is 159 cm³/mol. The molecular formula is C33H41F3N4. The molecule has 0 unspecified atom stereocenters. The fourth-order valence-corrected chi connectivity index (χ4v) is 5.40. The van der Waals surface area contributed by atoms with Gasteiger partial charge in [0.1, 0.15) is 11.7 Å². The van der Waals surface area contributed by atoms with Crippen LogP contribution in [-0.4, -0.2) is 41.3 Å². The molecule has 0 radical (unpaired) electrons. The quantitative estimate of drug-likeness (QED) is 0.346. The summed E-state index contributed by atoms with van der Waals surface area (Å²) in [4.78, 5) is 9.69. The van der Waals surface area contributed by atoms with Gasteiger partial charge in [-0.05, 0) is 62.3 Å². The highest BCUT2D eigenvalue weighted by atomic mass is 19.4. The summed E-state index contributed by atoms with van der Waals surface area (Å²) in [6.07, 6.45) is 4.76. The van der Waals surface area contributed by atoms with Gasteiger partial charge in [-0.2, -0.15) is 13.2 Å². The maximum absolute atomic E-state index is 13.1. The van der Waals surface area contributed by atoms with Crippen molar-refractivity contribution in [2.45, 2.75) is 71.6 Å². The van der Waals surface area contributed by atoms with E-state index >= 15 is 0 Å². The highest BCUT2D eigenvalue weighted by Crippen LogP contribution is 2.31. The highest BCUT2D eigenvalue weighted by Gasteiger charge is 2.31. The van der Waals surface area contributed by atoms with Crippen LogP contribution in [0.2, 0.25) is 0 Å². The molecule has 4 nitrogen and oxygen atoms in total. The van der Waals surface area contributed by atoms with E-state index in [0.717, 1.165) is 80.7 Å².